The van der Waals surface area contributed by atoms with E-state index in [0.717, 1.165) is 23.8 Å². The Bertz CT molecular complexity index is 342. The first-order chi connectivity index (χ1) is 8.79. The fourth-order valence-corrected chi connectivity index (χ4v) is 2.33. The minimum absolute atomic E-state index is 0.218. The molecule has 1 heterocycles. The van der Waals surface area contributed by atoms with Gasteiger partial charge in [-0.15, -0.1) is 0 Å². The van der Waals surface area contributed by atoms with Gasteiger partial charge >= 0.3 is 0 Å². The Kier molecular flexibility index (Phi) is 5.48. The Morgan fingerprint density at radius 2 is 1.78 bits per heavy atom. The first-order valence-electron chi connectivity index (χ1n) is 6.78. The maximum atomic E-state index is 5.86. The van der Waals surface area contributed by atoms with Crippen molar-refractivity contribution in [2.75, 3.05) is 13.2 Å². The van der Waals surface area contributed by atoms with Crippen molar-refractivity contribution in [3.63, 3.8) is 0 Å². The Hall–Kier alpha value is -0.570. The van der Waals surface area contributed by atoms with Crippen molar-refractivity contribution in [3.8, 4) is 0 Å². The van der Waals surface area contributed by atoms with Gasteiger partial charge in [0.15, 0.2) is 6.29 Å². The lowest BCUT2D eigenvalue weighted by Crippen LogP contribution is -2.27. The van der Waals surface area contributed by atoms with Crippen molar-refractivity contribution in [1.29, 1.82) is 0 Å². The molecule has 2 nitrogen and oxygen atoms in total. The van der Waals surface area contributed by atoms with Gasteiger partial charge < -0.3 is 9.47 Å². The molecule has 1 aliphatic rings. The highest BCUT2D eigenvalue weighted by atomic mass is 35.5. The number of hydrogen-bond donors (Lipinski definition) is 0. The third-order valence-corrected chi connectivity index (χ3v) is 3.58. The lowest BCUT2D eigenvalue weighted by Gasteiger charge is -2.29. The molecule has 0 spiro atoms. The molecule has 100 valence electrons. The van der Waals surface area contributed by atoms with Crippen molar-refractivity contribution >= 4 is 11.6 Å². The molecule has 18 heavy (non-hydrogen) atoms. The highest BCUT2D eigenvalue weighted by Gasteiger charge is 2.22. The van der Waals surface area contributed by atoms with Crippen LogP contribution in [0.25, 0.3) is 0 Å². The zero-order chi connectivity index (χ0) is 12.8. The standard InChI is InChI=1S/C15H21ClO2/c1-2-3-4-5-12-10-17-15(18-11-12)13-6-8-14(16)9-7-13/h6-9,12,15H,2-5,10-11H2,1H3. The molecule has 1 aliphatic heterocycles. The summed E-state index contributed by atoms with van der Waals surface area (Å²) in [6.45, 7) is 3.83. The summed E-state index contributed by atoms with van der Waals surface area (Å²) in [6, 6.07) is 7.67. The molecule has 1 aromatic carbocycles. The Morgan fingerprint density at radius 1 is 1.11 bits per heavy atom. The Morgan fingerprint density at radius 3 is 2.39 bits per heavy atom. The molecule has 0 N–H and O–H groups in total. The number of hydrogen-bond acceptors (Lipinski definition) is 2. The van der Waals surface area contributed by atoms with Crippen molar-refractivity contribution in [3.05, 3.63) is 34.9 Å². The highest BCUT2D eigenvalue weighted by molar-refractivity contribution is 6.30. The molecular weight excluding hydrogens is 248 g/mol. The molecule has 0 aromatic heterocycles. The minimum Gasteiger partial charge on any atom is -0.348 e. The monoisotopic (exact) mass is 268 g/mol. The second-order valence-corrected chi connectivity index (χ2v) is 5.35. The van der Waals surface area contributed by atoms with E-state index in [-0.39, 0.29) is 6.29 Å². The van der Waals surface area contributed by atoms with Gasteiger partial charge in [-0.25, -0.2) is 0 Å². The quantitative estimate of drug-likeness (QED) is 0.728. The maximum absolute atomic E-state index is 5.86. The second-order valence-electron chi connectivity index (χ2n) is 4.91. The van der Waals surface area contributed by atoms with E-state index in [1.807, 2.05) is 24.3 Å². The topological polar surface area (TPSA) is 18.5 Å². The smallest absolute Gasteiger partial charge is 0.183 e. The number of halogens is 1. The molecule has 0 aliphatic carbocycles. The first-order valence-corrected chi connectivity index (χ1v) is 7.16. The fourth-order valence-electron chi connectivity index (χ4n) is 2.21. The predicted octanol–water partition coefficient (Wildman–Crippen LogP) is 4.58. The van der Waals surface area contributed by atoms with Gasteiger partial charge in [-0.2, -0.15) is 0 Å². The summed E-state index contributed by atoms with van der Waals surface area (Å²) in [4.78, 5) is 0. The van der Waals surface area contributed by atoms with Crippen LogP contribution in [0.3, 0.4) is 0 Å². The molecule has 3 heteroatoms. The lowest BCUT2D eigenvalue weighted by molar-refractivity contribution is -0.206. The summed E-state index contributed by atoms with van der Waals surface area (Å²) in [5, 5.41) is 0.743. The minimum atomic E-state index is -0.218. The van der Waals surface area contributed by atoms with Gasteiger partial charge in [0.2, 0.25) is 0 Å². The van der Waals surface area contributed by atoms with E-state index in [4.69, 9.17) is 21.1 Å². The molecule has 0 bridgehead atoms. The van der Waals surface area contributed by atoms with Gasteiger partial charge in [0.25, 0.3) is 0 Å². The summed E-state index contributed by atoms with van der Waals surface area (Å²) in [6.07, 6.45) is 4.84. The molecule has 0 atom stereocenters. The Balaban J connectivity index is 1.77. The lowest BCUT2D eigenvalue weighted by atomic mass is 10.0. The van der Waals surface area contributed by atoms with Gasteiger partial charge in [-0.3, -0.25) is 0 Å². The van der Waals surface area contributed by atoms with Crippen molar-refractivity contribution in [2.24, 2.45) is 5.92 Å². The van der Waals surface area contributed by atoms with Crippen molar-refractivity contribution < 1.29 is 9.47 Å². The van der Waals surface area contributed by atoms with Gasteiger partial charge in [0.1, 0.15) is 0 Å². The van der Waals surface area contributed by atoms with Crippen LogP contribution >= 0.6 is 11.6 Å². The van der Waals surface area contributed by atoms with E-state index in [2.05, 4.69) is 6.92 Å². The van der Waals surface area contributed by atoms with Crippen molar-refractivity contribution in [2.45, 2.75) is 38.9 Å². The number of benzene rings is 1. The van der Waals surface area contributed by atoms with Gasteiger partial charge in [0.05, 0.1) is 13.2 Å². The average molecular weight is 269 g/mol. The van der Waals surface area contributed by atoms with E-state index >= 15 is 0 Å². The molecule has 0 unspecified atom stereocenters. The van der Waals surface area contributed by atoms with Crippen LogP contribution in [0.2, 0.25) is 5.02 Å². The molecule has 2 rings (SSSR count). The molecular formula is C15H21ClO2. The van der Waals surface area contributed by atoms with E-state index < -0.39 is 0 Å². The van der Waals surface area contributed by atoms with Crippen LogP contribution in [0.15, 0.2) is 24.3 Å². The van der Waals surface area contributed by atoms with Gasteiger partial charge in [-0.1, -0.05) is 49.9 Å². The molecule has 1 saturated heterocycles. The zero-order valence-corrected chi connectivity index (χ0v) is 11.7. The van der Waals surface area contributed by atoms with E-state index in [1.165, 1.54) is 25.7 Å². The summed E-state index contributed by atoms with van der Waals surface area (Å²) < 4.78 is 11.6. The first kappa shape index (κ1) is 13.9. The number of rotatable bonds is 5. The molecule has 0 saturated carbocycles. The molecule has 0 radical (unpaired) electrons. The van der Waals surface area contributed by atoms with Crippen LogP contribution in [0.4, 0.5) is 0 Å². The number of unbranched alkanes of at least 4 members (excludes halogenated alkanes) is 2. The molecule has 1 aromatic rings. The van der Waals surface area contributed by atoms with Crippen LogP contribution in [0.1, 0.15) is 44.5 Å². The second kappa shape index (κ2) is 7.13. The summed E-state index contributed by atoms with van der Waals surface area (Å²) >= 11 is 5.86. The predicted molar refractivity (Wildman–Crippen MR) is 73.7 cm³/mol. The normalized spacial score (nSPS) is 24.1. The maximum Gasteiger partial charge on any atom is 0.183 e. The van der Waals surface area contributed by atoms with E-state index in [0.29, 0.717) is 5.92 Å². The SMILES string of the molecule is CCCCCC1COC(c2ccc(Cl)cc2)OC1. The fraction of sp³-hybridized carbons (Fsp3) is 0.600. The summed E-state index contributed by atoms with van der Waals surface area (Å²) in [5.41, 5.74) is 1.05. The number of ether oxygens (including phenoxy) is 2. The molecule has 0 amide bonds. The van der Waals surface area contributed by atoms with Crippen LogP contribution in [0.5, 0.6) is 0 Å². The van der Waals surface area contributed by atoms with E-state index in [1.54, 1.807) is 0 Å². The Labute approximate surface area is 114 Å². The largest absolute Gasteiger partial charge is 0.348 e. The van der Waals surface area contributed by atoms with Crippen LogP contribution in [-0.4, -0.2) is 13.2 Å². The van der Waals surface area contributed by atoms with Crippen LogP contribution < -0.4 is 0 Å². The third-order valence-electron chi connectivity index (χ3n) is 3.32. The van der Waals surface area contributed by atoms with E-state index in [9.17, 15) is 0 Å². The zero-order valence-electron chi connectivity index (χ0n) is 10.9. The summed E-state index contributed by atoms with van der Waals surface area (Å²) in [5.74, 6) is 0.556. The average Bonchev–Trinajstić information content (AvgIpc) is 2.41. The summed E-state index contributed by atoms with van der Waals surface area (Å²) in [7, 11) is 0. The van der Waals surface area contributed by atoms with Crippen molar-refractivity contribution in [1.82, 2.24) is 0 Å². The highest BCUT2D eigenvalue weighted by Crippen LogP contribution is 2.27. The van der Waals surface area contributed by atoms with Crippen LogP contribution in [-0.2, 0) is 9.47 Å². The van der Waals surface area contributed by atoms with Gasteiger partial charge in [0, 0.05) is 16.5 Å². The molecule has 1 fully saturated rings. The van der Waals surface area contributed by atoms with Crippen LogP contribution in [0, 0.1) is 5.92 Å². The third kappa shape index (κ3) is 3.98. The van der Waals surface area contributed by atoms with Gasteiger partial charge in [-0.05, 0) is 18.6 Å².